The predicted octanol–water partition coefficient (Wildman–Crippen LogP) is 5.80. The van der Waals surface area contributed by atoms with Crippen molar-refractivity contribution < 1.29 is 13.5 Å². The maximum Gasteiger partial charge on any atom is 0.213 e. The first-order chi connectivity index (χ1) is 15.7. The molecule has 158 valence electrons. The summed E-state index contributed by atoms with van der Waals surface area (Å²) >= 11 is 0. The number of ether oxygens (including phenoxy) is 1. The average molecular weight is 428 g/mol. The third-order valence-electron chi connectivity index (χ3n) is 5.32. The van der Waals surface area contributed by atoms with E-state index in [1.807, 2.05) is 59.5 Å². The number of anilines is 2. The van der Waals surface area contributed by atoms with Gasteiger partial charge in [-0.3, -0.25) is 0 Å². The fourth-order valence-electron chi connectivity index (χ4n) is 3.79. The van der Waals surface area contributed by atoms with Gasteiger partial charge in [-0.1, -0.05) is 30.3 Å². The highest BCUT2D eigenvalue weighted by molar-refractivity contribution is 5.92. The smallest absolute Gasteiger partial charge is 0.213 e. The van der Waals surface area contributed by atoms with Gasteiger partial charge < -0.3 is 9.64 Å². The lowest BCUT2D eigenvalue weighted by molar-refractivity contribution is 0.398. The number of fused-ring (bicyclic) bond motifs is 2. The molecule has 2 aromatic heterocycles. The lowest BCUT2D eigenvalue weighted by Gasteiger charge is -2.26. The highest BCUT2D eigenvalue weighted by atomic mass is 19.2. The summed E-state index contributed by atoms with van der Waals surface area (Å²) in [7, 11) is 1.45. The highest BCUT2D eigenvalue weighted by Crippen LogP contribution is 2.34. The van der Waals surface area contributed by atoms with Gasteiger partial charge >= 0.3 is 0 Å². The molecule has 3 aromatic carbocycles. The first-order valence-corrected chi connectivity index (χ1v) is 9.99. The maximum atomic E-state index is 14.6. The molecule has 0 saturated carbocycles. The molecule has 0 fully saturated rings. The fourth-order valence-corrected chi connectivity index (χ4v) is 3.79. The van der Waals surface area contributed by atoms with Gasteiger partial charge in [0.25, 0.3) is 0 Å². The second kappa shape index (κ2) is 8.19. The molecule has 0 bridgehead atoms. The fraction of sp³-hybridized carbons (Fsp3) is 0.0800. The molecule has 5 rings (SSSR count). The van der Waals surface area contributed by atoms with Gasteiger partial charge in [-0.2, -0.15) is 0 Å². The third kappa shape index (κ3) is 3.47. The van der Waals surface area contributed by atoms with Crippen LogP contribution in [-0.2, 0) is 6.54 Å². The lowest BCUT2D eigenvalue weighted by Crippen LogP contribution is -2.19. The summed E-state index contributed by atoms with van der Waals surface area (Å²) in [5.74, 6) is -1.04. The van der Waals surface area contributed by atoms with E-state index in [0.717, 1.165) is 28.2 Å². The molecule has 0 radical (unpaired) electrons. The summed E-state index contributed by atoms with van der Waals surface area (Å²) in [6, 6.07) is 21.9. The Morgan fingerprint density at radius 1 is 0.875 bits per heavy atom. The van der Waals surface area contributed by atoms with Gasteiger partial charge in [0.15, 0.2) is 11.6 Å². The van der Waals surface area contributed by atoms with E-state index in [1.165, 1.54) is 19.5 Å². The van der Waals surface area contributed by atoms with Crippen molar-refractivity contribution in [3.8, 4) is 5.88 Å². The molecule has 0 unspecified atom stereocenters. The van der Waals surface area contributed by atoms with E-state index >= 15 is 0 Å². The molecule has 0 N–H and O–H groups in total. The largest absolute Gasteiger partial charge is 0.481 e. The number of benzene rings is 3. The number of para-hydroxylation sites is 2. The number of nitrogens with zero attached hydrogens (tertiary/aromatic N) is 4. The van der Waals surface area contributed by atoms with Crippen molar-refractivity contribution in [3.05, 3.63) is 96.3 Å². The minimum absolute atomic E-state index is 0.0695. The number of hydrogen-bond acceptors (Lipinski definition) is 5. The van der Waals surface area contributed by atoms with Gasteiger partial charge in [0.1, 0.15) is 17.7 Å². The Morgan fingerprint density at radius 3 is 2.47 bits per heavy atom. The molecule has 0 amide bonds. The Kier molecular flexibility index (Phi) is 5.07. The third-order valence-corrected chi connectivity index (χ3v) is 5.32. The Morgan fingerprint density at radius 2 is 1.66 bits per heavy atom. The molecule has 0 spiro atoms. The number of halogens is 2. The van der Waals surface area contributed by atoms with Crippen LogP contribution < -0.4 is 9.64 Å². The van der Waals surface area contributed by atoms with Crippen LogP contribution in [0.15, 0.2) is 79.1 Å². The molecule has 32 heavy (non-hydrogen) atoms. The van der Waals surface area contributed by atoms with Crippen LogP contribution in [0.5, 0.6) is 5.88 Å². The van der Waals surface area contributed by atoms with E-state index in [1.54, 1.807) is 6.07 Å². The van der Waals surface area contributed by atoms with Crippen molar-refractivity contribution in [1.29, 1.82) is 0 Å². The van der Waals surface area contributed by atoms with E-state index in [-0.39, 0.29) is 11.4 Å². The number of methoxy groups -OCH3 is 1. The predicted molar refractivity (Wildman–Crippen MR) is 120 cm³/mol. The van der Waals surface area contributed by atoms with Gasteiger partial charge in [-0.15, -0.1) is 0 Å². The summed E-state index contributed by atoms with van der Waals surface area (Å²) in [6.45, 7) is 0.325. The van der Waals surface area contributed by atoms with Crippen LogP contribution in [0.1, 0.15) is 5.56 Å². The minimum atomic E-state index is -0.999. The topological polar surface area (TPSA) is 51.1 Å². The number of aromatic nitrogens is 3. The Balaban J connectivity index is 1.73. The monoisotopic (exact) mass is 428 g/mol. The van der Waals surface area contributed by atoms with Gasteiger partial charge in [0.2, 0.25) is 5.88 Å². The molecular formula is C25H18F2N4O. The second-order valence-corrected chi connectivity index (χ2v) is 7.22. The molecule has 2 heterocycles. The van der Waals surface area contributed by atoms with E-state index < -0.39 is 11.6 Å². The van der Waals surface area contributed by atoms with Crippen molar-refractivity contribution >= 4 is 33.3 Å². The van der Waals surface area contributed by atoms with Gasteiger partial charge in [0, 0.05) is 22.5 Å². The van der Waals surface area contributed by atoms with Crippen LogP contribution in [0.3, 0.4) is 0 Å². The van der Waals surface area contributed by atoms with Crippen molar-refractivity contribution in [2.75, 3.05) is 12.0 Å². The van der Waals surface area contributed by atoms with Gasteiger partial charge in [-0.05, 0) is 42.0 Å². The zero-order valence-electron chi connectivity index (χ0n) is 17.2. The molecule has 5 aromatic rings. The van der Waals surface area contributed by atoms with E-state index in [4.69, 9.17) is 4.74 Å². The van der Waals surface area contributed by atoms with Gasteiger partial charge in [-0.25, -0.2) is 23.7 Å². The average Bonchev–Trinajstić information content (AvgIpc) is 2.85. The van der Waals surface area contributed by atoms with Crippen LogP contribution in [0, 0.1) is 11.6 Å². The van der Waals surface area contributed by atoms with Gasteiger partial charge in [0.05, 0.1) is 19.2 Å². The molecular weight excluding hydrogens is 410 g/mol. The zero-order valence-corrected chi connectivity index (χ0v) is 17.2. The van der Waals surface area contributed by atoms with Crippen molar-refractivity contribution in [3.63, 3.8) is 0 Å². The molecule has 0 aliphatic carbocycles. The van der Waals surface area contributed by atoms with Crippen molar-refractivity contribution in [1.82, 2.24) is 15.0 Å². The molecule has 0 atom stereocenters. The van der Waals surface area contributed by atoms with E-state index in [2.05, 4.69) is 15.0 Å². The standard InChI is InChI=1S/C25H18F2N4O/c1-32-22-13-16(18-11-12-20(26)23(27)24(18)30-22)14-31(17-7-3-2-4-8-17)25-19-9-5-6-10-21(19)28-15-29-25/h2-13,15H,14H2,1H3. The Hall–Kier alpha value is -4.13. The zero-order chi connectivity index (χ0) is 22.1. The molecule has 7 heteroatoms. The molecule has 0 saturated heterocycles. The summed E-state index contributed by atoms with van der Waals surface area (Å²) in [5, 5.41) is 1.38. The van der Waals surface area contributed by atoms with Crippen LogP contribution in [0.2, 0.25) is 0 Å². The van der Waals surface area contributed by atoms with E-state index in [9.17, 15) is 8.78 Å². The maximum absolute atomic E-state index is 14.6. The summed E-state index contributed by atoms with van der Waals surface area (Å²) in [4.78, 5) is 15.1. The molecule has 0 aliphatic rings. The first kappa shape index (κ1) is 19.8. The van der Waals surface area contributed by atoms with Crippen LogP contribution in [-0.4, -0.2) is 22.1 Å². The van der Waals surface area contributed by atoms with Crippen LogP contribution >= 0.6 is 0 Å². The molecule has 5 nitrogen and oxygen atoms in total. The SMILES string of the molecule is COc1cc(CN(c2ccccc2)c2ncnc3ccccc23)c2ccc(F)c(F)c2n1. The normalized spacial score (nSPS) is 11.1. The Labute approximate surface area is 183 Å². The van der Waals surface area contributed by atoms with Crippen molar-refractivity contribution in [2.45, 2.75) is 6.54 Å². The summed E-state index contributed by atoms with van der Waals surface area (Å²) in [5.41, 5.74) is 2.35. The molecule has 0 aliphatic heterocycles. The number of hydrogen-bond donors (Lipinski definition) is 0. The second-order valence-electron chi connectivity index (χ2n) is 7.22. The quantitative estimate of drug-likeness (QED) is 0.354. The summed E-state index contributed by atoms with van der Waals surface area (Å²) < 4.78 is 33.7. The lowest BCUT2D eigenvalue weighted by atomic mass is 10.1. The highest BCUT2D eigenvalue weighted by Gasteiger charge is 2.19. The van der Waals surface area contributed by atoms with E-state index in [0.29, 0.717) is 17.7 Å². The van der Waals surface area contributed by atoms with Crippen molar-refractivity contribution in [2.24, 2.45) is 0 Å². The van der Waals surface area contributed by atoms with Crippen LogP contribution in [0.4, 0.5) is 20.3 Å². The minimum Gasteiger partial charge on any atom is -0.481 e. The first-order valence-electron chi connectivity index (χ1n) is 9.99. The van der Waals surface area contributed by atoms with Crippen LogP contribution in [0.25, 0.3) is 21.8 Å². The number of rotatable bonds is 5. The Bertz CT molecular complexity index is 1420. The summed E-state index contributed by atoms with van der Waals surface area (Å²) in [6.07, 6.45) is 1.52. The number of pyridine rings is 1.